The molecule has 3 N–H and O–H groups in total. The van der Waals surface area contributed by atoms with Gasteiger partial charge in [0.05, 0.1) is 57.9 Å². The van der Waals surface area contributed by atoms with Crippen LogP contribution in [0.5, 0.6) is 23.0 Å². The molecular weight excluding hydrogens is 919 g/mol. The summed E-state index contributed by atoms with van der Waals surface area (Å²) in [5, 5.41) is 30.0. The highest BCUT2D eigenvalue weighted by molar-refractivity contribution is 6.03. The molecule has 0 bridgehead atoms. The van der Waals surface area contributed by atoms with Gasteiger partial charge in [0.1, 0.15) is 29.0 Å². The van der Waals surface area contributed by atoms with Crippen LogP contribution in [0.2, 0.25) is 0 Å². The zero-order chi connectivity index (χ0) is 50.5. The van der Waals surface area contributed by atoms with Crippen LogP contribution in [0, 0.1) is 17.8 Å². The molecule has 8 rings (SSSR count). The highest BCUT2D eigenvalue weighted by Gasteiger charge is 2.66. The minimum absolute atomic E-state index is 0.0335. The maximum atomic E-state index is 15.1. The average molecular weight is 988 g/mol. The molecule has 7 unspecified atom stereocenters. The first-order valence-corrected chi connectivity index (χ1v) is 25.3. The fourth-order valence-corrected chi connectivity index (χ4v) is 11.0. The lowest BCUT2D eigenvalue weighted by Crippen LogP contribution is -2.70. The molecule has 2 aliphatic carbocycles. The lowest BCUT2D eigenvalue weighted by Gasteiger charge is -2.60. The Morgan fingerprint density at radius 1 is 0.917 bits per heavy atom. The van der Waals surface area contributed by atoms with Crippen molar-refractivity contribution in [2.24, 2.45) is 22.9 Å². The SMILES string of the molecule is C=CCCOC(=O)N(Cc1cccc2ccccc12)C1CC(=NOC2CCCCO2)C2=CC(CCCCO)C(CCCCO)C3c4cc(OC(=O)Nc5ccc(OC)cc5OC)ccc4OC1(OCC=C)C23. The largest absolute Gasteiger partial charge is 0.497 e. The van der Waals surface area contributed by atoms with Gasteiger partial charge in [-0.15, -0.1) is 13.2 Å². The molecule has 2 amide bonds. The van der Waals surface area contributed by atoms with Crippen molar-refractivity contribution < 1.29 is 57.8 Å². The summed E-state index contributed by atoms with van der Waals surface area (Å²) in [5.74, 6) is -0.992. The molecule has 2 fully saturated rings. The Bertz CT molecular complexity index is 2570. The van der Waals surface area contributed by atoms with E-state index in [0.717, 1.165) is 59.6 Å². The molecular formula is C57H69N3O12. The predicted molar refractivity (Wildman–Crippen MR) is 274 cm³/mol. The number of aliphatic hydroxyl groups is 2. The Morgan fingerprint density at radius 2 is 1.72 bits per heavy atom. The molecule has 0 radical (unpaired) electrons. The van der Waals surface area contributed by atoms with Crippen LogP contribution < -0.4 is 24.3 Å². The number of amides is 2. The summed E-state index contributed by atoms with van der Waals surface area (Å²) in [6, 6.07) is 23.7. The van der Waals surface area contributed by atoms with E-state index in [0.29, 0.717) is 67.4 Å². The molecule has 7 atom stereocenters. The number of allylic oxidation sites excluding steroid dienone is 1. The first kappa shape index (κ1) is 51.9. The normalized spacial score (nSPS) is 23.6. The standard InChI is InChI=1S/C57H69N3O12/c1-5-7-31-68-56(64)60(37-40-20-16-19-38-17-8-9-21-43(38)40)51-36-48(59-72-52-23-12-15-32-67-52)45-33-39(18-10-13-28-61)44(22-11-14-29-62)53-46-34-42(25-27-49(46)71-57(51,54(45)53)69-30-6-2)70-55(63)58-47-26-24-41(65-3)35-50(47)66-4/h5-6,8-9,16-17,19-21,24-27,33-35,39,44,51-54,61-62H,1-2,7,10-15,18,22-23,28-32,36-37H2,3-4H3,(H,58,63). The number of ether oxygens (including phenoxy) is 7. The van der Waals surface area contributed by atoms with Crippen LogP contribution >= 0.6 is 0 Å². The van der Waals surface area contributed by atoms with Gasteiger partial charge in [-0.25, -0.2) is 9.59 Å². The first-order chi connectivity index (χ1) is 35.2. The van der Waals surface area contributed by atoms with E-state index in [1.807, 2.05) is 48.5 Å². The fraction of sp³-hybridized carbons (Fsp3) is 0.456. The van der Waals surface area contributed by atoms with Crippen molar-refractivity contribution in [3.8, 4) is 23.0 Å². The second-order valence-electron chi connectivity index (χ2n) is 18.7. The number of hydrogen-bond acceptors (Lipinski definition) is 13. The lowest BCUT2D eigenvalue weighted by molar-refractivity contribution is -0.256. The van der Waals surface area contributed by atoms with Gasteiger partial charge in [0, 0.05) is 43.6 Å². The molecule has 15 nitrogen and oxygen atoms in total. The second kappa shape index (κ2) is 24.8. The van der Waals surface area contributed by atoms with E-state index in [1.54, 1.807) is 54.5 Å². The molecule has 15 heteroatoms. The average Bonchev–Trinajstić information content (AvgIpc) is 3.40. The van der Waals surface area contributed by atoms with Crippen LogP contribution in [0.4, 0.5) is 15.3 Å². The van der Waals surface area contributed by atoms with Crippen LogP contribution in [0.3, 0.4) is 0 Å². The van der Waals surface area contributed by atoms with Crippen LogP contribution in [-0.2, 0) is 25.6 Å². The van der Waals surface area contributed by atoms with E-state index in [4.69, 9.17) is 43.2 Å². The van der Waals surface area contributed by atoms with E-state index < -0.39 is 36.2 Å². The van der Waals surface area contributed by atoms with Crippen molar-refractivity contribution in [1.82, 2.24) is 4.90 Å². The van der Waals surface area contributed by atoms with Crippen LogP contribution in [0.25, 0.3) is 10.8 Å². The van der Waals surface area contributed by atoms with Crippen LogP contribution in [0.1, 0.15) is 87.7 Å². The number of unbranched alkanes of at least 4 members (excludes halogenated alkanes) is 2. The number of hydrogen-bond donors (Lipinski definition) is 3. The zero-order valence-electron chi connectivity index (χ0n) is 41.5. The molecule has 2 heterocycles. The maximum absolute atomic E-state index is 15.1. The summed E-state index contributed by atoms with van der Waals surface area (Å²) in [7, 11) is 3.06. The van der Waals surface area contributed by atoms with Gasteiger partial charge in [0.15, 0.2) is 0 Å². The van der Waals surface area contributed by atoms with E-state index in [-0.39, 0.29) is 62.9 Å². The third-order valence-electron chi connectivity index (χ3n) is 14.3. The van der Waals surface area contributed by atoms with Crippen molar-refractivity contribution in [2.45, 2.75) is 101 Å². The topological polar surface area (TPSA) is 176 Å². The van der Waals surface area contributed by atoms with Crippen molar-refractivity contribution in [1.29, 1.82) is 0 Å². The number of anilines is 1. The molecule has 4 aliphatic rings. The monoisotopic (exact) mass is 987 g/mol. The summed E-state index contributed by atoms with van der Waals surface area (Å²) in [5.41, 5.74) is 3.55. The van der Waals surface area contributed by atoms with Crippen LogP contribution in [0.15, 0.2) is 121 Å². The molecule has 384 valence electrons. The van der Waals surface area contributed by atoms with Gasteiger partial charge in [-0.2, -0.15) is 0 Å². The number of fused-ring (bicyclic) bond motifs is 3. The van der Waals surface area contributed by atoms with Gasteiger partial charge in [0.25, 0.3) is 0 Å². The van der Waals surface area contributed by atoms with Gasteiger partial charge in [-0.1, -0.05) is 78.7 Å². The van der Waals surface area contributed by atoms with Gasteiger partial charge < -0.3 is 48.2 Å². The van der Waals surface area contributed by atoms with Crippen molar-refractivity contribution in [3.63, 3.8) is 0 Å². The van der Waals surface area contributed by atoms with Gasteiger partial charge >= 0.3 is 12.2 Å². The molecule has 4 aromatic rings. The van der Waals surface area contributed by atoms with E-state index >= 15 is 4.79 Å². The quantitative estimate of drug-likeness (QED) is 0.0365. The van der Waals surface area contributed by atoms with Crippen molar-refractivity contribution in [2.75, 3.05) is 52.6 Å². The second-order valence-corrected chi connectivity index (χ2v) is 18.7. The number of oxime groups is 1. The number of nitrogens with one attached hydrogen (secondary N) is 1. The molecule has 2 aliphatic heterocycles. The number of carbonyl (C=O) groups excluding carboxylic acids is 2. The predicted octanol–water partition coefficient (Wildman–Crippen LogP) is 10.8. The van der Waals surface area contributed by atoms with E-state index in [2.05, 4.69) is 24.6 Å². The van der Waals surface area contributed by atoms with Gasteiger partial charge in [-0.3, -0.25) is 10.2 Å². The first-order valence-electron chi connectivity index (χ1n) is 25.3. The molecule has 0 aromatic heterocycles. The number of rotatable bonds is 23. The zero-order valence-corrected chi connectivity index (χ0v) is 41.5. The van der Waals surface area contributed by atoms with Crippen molar-refractivity contribution >= 4 is 34.4 Å². The number of benzene rings is 4. The summed E-state index contributed by atoms with van der Waals surface area (Å²) >= 11 is 0. The molecule has 4 aromatic carbocycles. The highest BCUT2D eigenvalue weighted by atomic mass is 16.8. The number of nitrogens with zero attached hydrogens (tertiary/aromatic N) is 2. The Kier molecular flexibility index (Phi) is 17.9. The molecule has 0 spiro atoms. The molecule has 72 heavy (non-hydrogen) atoms. The minimum Gasteiger partial charge on any atom is -0.497 e. The summed E-state index contributed by atoms with van der Waals surface area (Å²) in [4.78, 5) is 36.9. The smallest absolute Gasteiger partial charge is 0.417 e. The van der Waals surface area contributed by atoms with Crippen molar-refractivity contribution in [3.05, 3.63) is 127 Å². The molecule has 1 saturated heterocycles. The summed E-state index contributed by atoms with van der Waals surface area (Å²) in [6.07, 6.45) is 11.1. The number of carbonyl (C=O) groups is 2. The highest BCUT2D eigenvalue weighted by Crippen LogP contribution is 2.62. The summed E-state index contributed by atoms with van der Waals surface area (Å²) in [6.45, 7) is 8.90. The maximum Gasteiger partial charge on any atom is 0.417 e. The van der Waals surface area contributed by atoms with Gasteiger partial charge in [0.2, 0.25) is 12.1 Å². The number of aliphatic hydroxyl groups excluding tert-OH is 2. The Balaban J connectivity index is 1.31. The summed E-state index contributed by atoms with van der Waals surface area (Å²) < 4.78 is 43.8. The van der Waals surface area contributed by atoms with E-state index in [1.165, 1.54) is 7.11 Å². The third kappa shape index (κ3) is 11.6. The van der Waals surface area contributed by atoms with E-state index in [9.17, 15) is 15.0 Å². The fourth-order valence-electron chi connectivity index (χ4n) is 11.0. The Morgan fingerprint density at radius 3 is 2.49 bits per heavy atom. The number of methoxy groups -OCH3 is 2. The van der Waals surface area contributed by atoms with Gasteiger partial charge in [-0.05, 0) is 109 Å². The minimum atomic E-state index is -1.57. The Labute approximate surface area is 422 Å². The van der Waals surface area contributed by atoms with Crippen LogP contribution in [-0.4, -0.2) is 98.4 Å². The Hall–Kier alpha value is -6.39. The molecule has 1 saturated carbocycles. The lowest BCUT2D eigenvalue weighted by atomic mass is 9.55. The third-order valence-corrected chi connectivity index (χ3v) is 14.3.